The maximum Gasteiger partial charge on any atom is 0.339 e. The molecule has 27 heavy (non-hydrogen) atoms. The van der Waals surface area contributed by atoms with Gasteiger partial charge in [-0.3, -0.25) is 4.79 Å². The van der Waals surface area contributed by atoms with E-state index in [0.29, 0.717) is 22.6 Å². The fraction of sp³-hybridized carbons (Fsp3) is 0.273. The molecule has 0 radical (unpaired) electrons. The Morgan fingerprint density at radius 3 is 2.44 bits per heavy atom. The van der Waals surface area contributed by atoms with Crippen LogP contribution in [0.15, 0.2) is 45.6 Å². The number of esters is 1. The van der Waals surface area contributed by atoms with E-state index in [1.807, 2.05) is 51.1 Å². The minimum absolute atomic E-state index is 0.0982. The van der Waals surface area contributed by atoms with Crippen molar-refractivity contribution in [3.05, 3.63) is 69.1 Å². The van der Waals surface area contributed by atoms with Gasteiger partial charge in [0.05, 0.1) is 13.5 Å². The van der Waals surface area contributed by atoms with Gasteiger partial charge in [0.25, 0.3) is 0 Å². The lowest BCUT2D eigenvalue weighted by atomic mass is 10.0. The predicted octanol–water partition coefficient (Wildman–Crippen LogP) is 4.27. The fourth-order valence-corrected chi connectivity index (χ4v) is 3.14. The van der Waals surface area contributed by atoms with Crippen molar-refractivity contribution in [2.45, 2.75) is 33.6 Å². The Bertz CT molecular complexity index is 1040. The molecule has 0 aliphatic heterocycles. The number of benzene rings is 2. The summed E-state index contributed by atoms with van der Waals surface area (Å²) in [5, 5.41) is 0.827. The number of carbonyl (C=O) groups excluding carboxylic acids is 1. The highest BCUT2D eigenvalue weighted by molar-refractivity contribution is 5.82. The van der Waals surface area contributed by atoms with Crippen LogP contribution in [-0.4, -0.2) is 13.1 Å². The van der Waals surface area contributed by atoms with Crippen molar-refractivity contribution >= 4 is 16.9 Å². The third-order valence-electron chi connectivity index (χ3n) is 4.70. The van der Waals surface area contributed by atoms with Gasteiger partial charge in [-0.25, -0.2) is 4.79 Å². The highest BCUT2D eigenvalue weighted by Gasteiger charge is 2.15. The average Bonchev–Trinajstić information content (AvgIpc) is 2.64. The topological polar surface area (TPSA) is 65.7 Å². The second kappa shape index (κ2) is 7.66. The van der Waals surface area contributed by atoms with Crippen LogP contribution in [0, 0.1) is 20.8 Å². The summed E-state index contributed by atoms with van der Waals surface area (Å²) in [6.07, 6.45) is 0.362. The maximum atomic E-state index is 12.4. The van der Waals surface area contributed by atoms with Crippen LogP contribution in [0.25, 0.3) is 11.0 Å². The summed E-state index contributed by atoms with van der Waals surface area (Å²) in [5.74, 6) is 0.827. The van der Waals surface area contributed by atoms with E-state index in [1.54, 1.807) is 13.2 Å². The van der Waals surface area contributed by atoms with Crippen molar-refractivity contribution in [3.8, 4) is 11.5 Å². The third-order valence-corrected chi connectivity index (χ3v) is 4.70. The van der Waals surface area contributed by atoms with Crippen molar-refractivity contribution < 1.29 is 18.7 Å². The third kappa shape index (κ3) is 3.87. The first-order valence-corrected chi connectivity index (χ1v) is 8.78. The highest BCUT2D eigenvalue weighted by Crippen LogP contribution is 2.25. The molecule has 1 heterocycles. The monoisotopic (exact) mass is 366 g/mol. The fourth-order valence-electron chi connectivity index (χ4n) is 3.14. The van der Waals surface area contributed by atoms with E-state index in [1.165, 1.54) is 0 Å². The van der Waals surface area contributed by atoms with Crippen molar-refractivity contribution in [1.29, 1.82) is 0 Å². The van der Waals surface area contributed by atoms with E-state index in [0.717, 1.165) is 22.1 Å². The molecule has 3 rings (SSSR count). The summed E-state index contributed by atoms with van der Waals surface area (Å²) in [7, 11) is 1.56. The number of ether oxygens (including phenoxy) is 2. The average molecular weight is 366 g/mol. The molecule has 1 aromatic heterocycles. The zero-order valence-corrected chi connectivity index (χ0v) is 15.9. The Labute approximate surface area is 157 Å². The summed E-state index contributed by atoms with van der Waals surface area (Å²) in [5.41, 5.74) is 3.14. The van der Waals surface area contributed by atoms with Gasteiger partial charge < -0.3 is 13.9 Å². The number of carbonyl (C=O) groups is 1. The number of hydrogen-bond donors (Lipinski definition) is 0. The van der Waals surface area contributed by atoms with Gasteiger partial charge in [0.15, 0.2) is 0 Å². The summed E-state index contributed by atoms with van der Waals surface area (Å²) in [6.45, 7) is 5.65. The van der Waals surface area contributed by atoms with E-state index in [4.69, 9.17) is 13.9 Å². The van der Waals surface area contributed by atoms with Crippen LogP contribution >= 0.6 is 0 Å². The largest absolute Gasteiger partial charge is 0.497 e. The minimum Gasteiger partial charge on any atom is -0.497 e. The van der Waals surface area contributed by atoms with E-state index < -0.39 is 5.63 Å². The van der Waals surface area contributed by atoms with Crippen molar-refractivity contribution in [1.82, 2.24) is 0 Å². The van der Waals surface area contributed by atoms with Gasteiger partial charge in [0, 0.05) is 17.0 Å². The lowest BCUT2D eigenvalue weighted by Gasteiger charge is -2.11. The molecule has 0 N–H and O–H groups in total. The Balaban J connectivity index is 1.80. The Morgan fingerprint density at radius 1 is 1.07 bits per heavy atom. The predicted molar refractivity (Wildman–Crippen MR) is 104 cm³/mol. The molecule has 0 fully saturated rings. The van der Waals surface area contributed by atoms with Crippen molar-refractivity contribution in [2.75, 3.05) is 7.11 Å². The standard InChI is InChI=1S/C22H22O5/c1-13-6-5-7-14(2)21(13)27-20(23)11-10-18-15(3)17-9-8-16(25-4)12-19(17)26-22(18)24/h5-9,12H,10-11H2,1-4H3. The first kappa shape index (κ1) is 18.7. The van der Waals surface area contributed by atoms with Crippen LogP contribution in [0.4, 0.5) is 0 Å². The molecule has 0 bridgehead atoms. The molecule has 3 aromatic rings. The molecule has 0 unspecified atom stereocenters. The quantitative estimate of drug-likeness (QED) is 0.383. The smallest absolute Gasteiger partial charge is 0.339 e. The number of fused-ring (bicyclic) bond motifs is 1. The second-order valence-corrected chi connectivity index (χ2v) is 6.55. The molecule has 0 spiro atoms. The molecule has 2 aromatic carbocycles. The zero-order chi connectivity index (χ0) is 19.6. The van der Waals surface area contributed by atoms with Gasteiger partial charge in [-0.2, -0.15) is 0 Å². The van der Waals surface area contributed by atoms with Gasteiger partial charge in [0.1, 0.15) is 17.1 Å². The Hall–Kier alpha value is -3.08. The lowest BCUT2D eigenvalue weighted by molar-refractivity contribution is -0.134. The number of hydrogen-bond acceptors (Lipinski definition) is 5. The summed E-state index contributed by atoms with van der Waals surface area (Å²) < 4.78 is 16.1. The molecule has 140 valence electrons. The molecule has 5 heteroatoms. The molecule has 0 aliphatic carbocycles. The second-order valence-electron chi connectivity index (χ2n) is 6.55. The minimum atomic E-state index is -0.437. The highest BCUT2D eigenvalue weighted by atomic mass is 16.5. The zero-order valence-electron chi connectivity index (χ0n) is 15.9. The molecular formula is C22H22O5. The van der Waals surface area contributed by atoms with Crippen LogP contribution < -0.4 is 15.1 Å². The van der Waals surface area contributed by atoms with Gasteiger partial charge in [0.2, 0.25) is 0 Å². The van der Waals surface area contributed by atoms with Gasteiger partial charge in [-0.1, -0.05) is 18.2 Å². The van der Waals surface area contributed by atoms with Gasteiger partial charge in [-0.05, 0) is 56.0 Å². The Kier molecular flexibility index (Phi) is 5.31. The maximum absolute atomic E-state index is 12.4. The van der Waals surface area contributed by atoms with Gasteiger partial charge >= 0.3 is 11.6 Å². The molecule has 0 atom stereocenters. The van der Waals surface area contributed by atoms with E-state index in [-0.39, 0.29) is 18.8 Å². The number of aryl methyl sites for hydroxylation is 3. The van der Waals surface area contributed by atoms with E-state index >= 15 is 0 Å². The van der Waals surface area contributed by atoms with Crippen molar-refractivity contribution in [2.24, 2.45) is 0 Å². The van der Waals surface area contributed by atoms with Crippen LogP contribution in [0.3, 0.4) is 0 Å². The number of rotatable bonds is 5. The van der Waals surface area contributed by atoms with Gasteiger partial charge in [-0.15, -0.1) is 0 Å². The molecule has 0 amide bonds. The Morgan fingerprint density at radius 2 is 1.78 bits per heavy atom. The SMILES string of the molecule is COc1ccc2c(C)c(CCC(=O)Oc3c(C)cccc3C)c(=O)oc2c1. The summed E-state index contributed by atoms with van der Waals surface area (Å²) in [6, 6.07) is 11.1. The molecule has 5 nitrogen and oxygen atoms in total. The lowest BCUT2D eigenvalue weighted by Crippen LogP contribution is -2.15. The summed E-state index contributed by atoms with van der Waals surface area (Å²) in [4.78, 5) is 24.7. The van der Waals surface area contributed by atoms with Crippen LogP contribution in [0.2, 0.25) is 0 Å². The number of para-hydroxylation sites is 1. The first-order valence-electron chi connectivity index (χ1n) is 8.78. The molecule has 0 aliphatic rings. The van der Waals surface area contributed by atoms with Crippen LogP contribution in [-0.2, 0) is 11.2 Å². The van der Waals surface area contributed by atoms with Crippen LogP contribution in [0.5, 0.6) is 11.5 Å². The molecular weight excluding hydrogens is 344 g/mol. The van der Waals surface area contributed by atoms with Crippen LogP contribution in [0.1, 0.15) is 28.7 Å². The molecule has 0 saturated heterocycles. The van der Waals surface area contributed by atoms with E-state index in [9.17, 15) is 9.59 Å². The summed E-state index contributed by atoms with van der Waals surface area (Å²) >= 11 is 0. The number of methoxy groups -OCH3 is 1. The first-order chi connectivity index (χ1) is 12.9. The normalized spacial score (nSPS) is 10.8. The molecule has 0 saturated carbocycles. The van der Waals surface area contributed by atoms with E-state index in [2.05, 4.69) is 0 Å². The van der Waals surface area contributed by atoms with Crippen molar-refractivity contribution in [3.63, 3.8) is 0 Å².